The highest BCUT2D eigenvalue weighted by Crippen LogP contribution is 2.40. The van der Waals surface area contributed by atoms with Gasteiger partial charge in [-0.3, -0.25) is 0 Å². The summed E-state index contributed by atoms with van der Waals surface area (Å²) >= 11 is 0. The summed E-state index contributed by atoms with van der Waals surface area (Å²) in [5, 5.41) is 0. The summed E-state index contributed by atoms with van der Waals surface area (Å²) in [5.74, 6) is 0. The van der Waals surface area contributed by atoms with E-state index >= 15 is 0 Å². The molecular weight excluding hydrogens is 150 g/mol. The quantitative estimate of drug-likeness (QED) is 0.687. The minimum atomic E-state index is 0.243. The Morgan fingerprint density at radius 3 is 2.33 bits per heavy atom. The van der Waals surface area contributed by atoms with Crippen molar-refractivity contribution in [2.75, 3.05) is 13.2 Å². The molecule has 1 heterocycles. The summed E-state index contributed by atoms with van der Waals surface area (Å²) in [6.07, 6.45) is 1.49. The van der Waals surface area contributed by atoms with Gasteiger partial charge in [0.2, 0.25) is 0 Å². The smallest absolute Gasteiger partial charge is 0.0668 e. The van der Waals surface area contributed by atoms with Gasteiger partial charge < -0.3 is 10.5 Å². The van der Waals surface area contributed by atoms with Crippen LogP contribution >= 0.6 is 0 Å². The molecule has 2 nitrogen and oxygen atoms in total. The maximum absolute atomic E-state index is 5.70. The Bertz CT molecular complexity index is 158. The first-order valence-corrected chi connectivity index (χ1v) is 4.69. The Morgan fingerprint density at radius 1 is 1.50 bits per heavy atom. The summed E-state index contributed by atoms with van der Waals surface area (Å²) in [6, 6.07) is 0. The van der Waals surface area contributed by atoms with Crippen molar-refractivity contribution >= 4 is 0 Å². The van der Waals surface area contributed by atoms with Crippen LogP contribution in [-0.2, 0) is 4.74 Å². The van der Waals surface area contributed by atoms with Gasteiger partial charge in [0.05, 0.1) is 12.7 Å². The summed E-state index contributed by atoms with van der Waals surface area (Å²) in [6.45, 7) is 10.5. The molecule has 1 saturated heterocycles. The molecule has 0 radical (unpaired) electrons. The molecule has 2 heteroatoms. The highest BCUT2D eigenvalue weighted by atomic mass is 16.5. The maximum atomic E-state index is 5.70. The molecule has 2 unspecified atom stereocenters. The molecule has 72 valence electrons. The Morgan fingerprint density at radius 2 is 2.08 bits per heavy atom. The third kappa shape index (κ3) is 1.99. The van der Waals surface area contributed by atoms with Gasteiger partial charge >= 0.3 is 0 Å². The standard InChI is InChI=1S/C10H21NO/c1-9(2,3)5-8-10(4,6-11)7-12-8/h8H,5-7,11H2,1-4H3. The lowest BCUT2D eigenvalue weighted by molar-refractivity contribution is -0.184. The number of ether oxygens (including phenoxy) is 1. The van der Waals surface area contributed by atoms with Crippen molar-refractivity contribution in [3.63, 3.8) is 0 Å². The van der Waals surface area contributed by atoms with Crippen molar-refractivity contribution in [1.29, 1.82) is 0 Å². The molecule has 1 aliphatic heterocycles. The third-order valence-electron chi connectivity index (χ3n) is 2.66. The van der Waals surface area contributed by atoms with Crippen LogP contribution < -0.4 is 5.73 Å². The summed E-state index contributed by atoms with van der Waals surface area (Å²) in [4.78, 5) is 0. The van der Waals surface area contributed by atoms with E-state index in [9.17, 15) is 0 Å². The highest BCUT2D eigenvalue weighted by molar-refractivity contribution is 4.93. The van der Waals surface area contributed by atoms with Crippen LogP contribution in [-0.4, -0.2) is 19.3 Å². The first-order chi connectivity index (χ1) is 5.37. The van der Waals surface area contributed by atoms with Gasteiger partial charge in [-0.2, -0.15) is 0 Å². The van der Waals surface area contributed by atoms with Crippen LogP contribution in [0.15, 0.2) is 0 Å². The van der Waals surface area contributed by atoms with Gasteiger partial charge in [0, 0.05) is 12.0 Å². The largest absolute Gasteiger partial charge is 0.377 e. The number of rotatable bonds is 2. The second kappa shape index (κ2) is 3.00. The fourth-order valence-electron chi connectivity index (χ4n) is 1.54. The van der Waals surface area contributed by atoms with Gasteiger partial charge in [-0.15, -0.1) is 0 Å². The van der Waals surface area contributed by atoms with Crippen LogP contribution in [0.5, 0.6) is 0 Å². The summed E-state index contributed by atoms with van der Waals surface area (Å²) in [5.41, 5.74) is 6.29. The molecule has 1 aliphatic rings. The van der Waals surface area contributed by atoms with Crippen molar-refractivity contribution in [2.24, 2.45) is 16.6 Å². The fourth-order valence-corrected chi connectivity index (χ4v) is 1.54. The van der Waals surface area contributed by atoms with Crippen LogP contribution in [0.2, 0.25) is 0 Å². The molecule has 2 N–H and O–H groups in total. The zero-order valence-corrected chi connectivity index (χ0v) is 8.68. The average Bonchev–Trinajstić information content (AvgIpc) is 1.95. The average molecular weight is 171 g/mol. The van der Waals surface area contributed by atoms with E-state index in [1.807, 2.05) is 0 Å². The Hall–Kier alpha value is -0.0800. The molecule has 0 bridgehead atoms. The van der Waals surface area contributed by atoms with E-state index in [1.165, 1.54) is 0 Å². The molecule has 1 fully saturated rings. The van der Waals surface area contributed by atoms with Gasteiger partial charge in [-0.1, -0.05) is 27.7 Å². The van der Waals surface area contributed by atoms with Gasteiger partial charge in [-0.05, 0) is 11.8 Å². The van der Waals surface area contributed by atoms with Crippen molar-refractivity contribution in [2.45, 2.75) is 40.2 Å². The molecule has 0 aliphatic carbocycles. The second-order valence-corrected chi connectivity index (χ2v) is 5.42. The van der Waals surface area contributed by atoms with Gasteiger partial charge in [0.25, 0.3) is 0 Å². The molecule has 12 heavy (non-hydrogen) atoms. The lowest BCUT2D eigenvalue weighted by Crippen LogP contribution is -2.55. The minimum Gasteiger partial charge on any atom is -0.377 e. The lowest BCUT2D eigenvalue weighted by atomic mass is 9.73. The monoisotopic (exact) mass is 171 g/mol. The van der Waals surface area contributed by atoms with Crippen LogP contribution in [0, 0.1) is 10.8 Å². The van der Waals surface area contributed by atoms with Crippen molar-refractivity contribution < 1.29 is 4.74 Å². The predicted octanol–water partition coefficient (Wildman–Crippen LogP) is 1.79. The molecule has 2 atom stereocenters. The summed E-state index contributed by atoms with van der Waals surface area (Å²) in [7, 11) is 0. The normalized spacial score (nSPS) is 36.2. The first-order valence-electron chi connectivity index (χ1n) is 4.69. The van der Waals surface area contributed by atoms with Crippen LogP contribution in [0.3, 0.4) is 0 Å². The topological polar surface area (TPSA) is 35.2 Å². The van der Waals surface area contributed by atoms with Gasteiger partial charge in [0.1, 0.15) is 0 Å². The van der Waals surface area contributed by atoms with Crippen molar-refractivity contribution in [1.82, 2.24) is 0 Å². The SMILES string of the molecule is CC(C)(C)CC1OCC1(C)CN. The summed E-state index contributed by atoms with van der Waals surface area (Å²) < 4.78 is 5.53. The Balaban J connectivity index is 2.45. The van der Waals surface area contributed by atoms with Crippen LogP contribution in [0.4, 0.5) is 0 Å². The molecule has 0 aromatic heterocycles. The first kappa shape index (κ1) is 10.0. The van der Waals surface area contributed by atoms with E-state index in [2.05, 4.69) is 27.7 Å². The van der Waals surface area contributed by atoms with E-state index in [4.69, 9.17) is 10.5 Å². The molecule has 1 rings (SSSR count). The van der Waals surface area contributed by atoms with Gasteiger partial charge in [-0.25, -0.2) is 0 Å². The highest BCUT2D eigenvalue weighted by Gasteiger charge is 2.44. The molecule has 0 aromatic rings. The number of nitrogens with two attached hydrogens (primary N) is 1. The molecule has 0 amide bonds. The van der Waals surface area contributed by atoms with E-state index in [0.29, 0.717) is 11.5 Å². The van der Waals surface area contributed by atoms with E-state index in [1.54, 1.807) is 0 Å². The second-order valence-electron chi connectivity index (χ2n) is 5.42. The molecule has 0 saturated carbocycles. The number of hydrogen-bond donors (Lipinski definition) is 1. The van der Waals surface area contributed by atoms with Crippen molar-refractivity contribution in [3.05, 3.63) is 0 Å². The van der Waals surface area contributed by atoms with E-state index in [0.717, 1.165) is 19.6 Å². The Labute approximate surface area is 75.5 Å². The fraction of sp³-hybridized carbons (Fsp3) is 1.00. The molecule has 0 spiro atoms. The maximum Gasteiger partial charge on any atom is 0.0668 e. The number of hydrogen-bond acceptors (Lipinski definition) is 2. The Kier molecular flexibility index (Phi) is 2.50. The molecular formula is C10H21NO. The minimum absolute atomic E-state index is 0.243. The van der Waals surface area contributed by atoms with Gasteiger partial charge in [0.15, 0.2) is 0 Å². The van der Waals surface area contributed by atoms with Crippen LogP contribution in [0.25, 0.3) is 0 Å². The van der Waals surface area contributed by atoms with E-state index < -0.39 is 0 Å². The van der Waals surface area contributed by atoms with E-state index in [-0.39, 0.29) is 5.41 Å². The van der Waals surface area contributed by atoms with Crippen LogP contribution in [0.1, 0.15) is 34.1 Å². The molecule has 0 aromatic carbocycles. The zero-order valence-electron chi connectivity index (χ0n) is 8.68. The third-order valence-corrected chi connectivity index (χ3v) is 2.66. The van der Waals surface area contributed by atoms with Crippen molar-refractivity contribution in [3.8, 4) is 0 Å². The lowest BCUT2D eigenvalue weighted by Gasteiger charge is -2.48. The predicted molar refractivity (Wildman–Crippen MR) is 51.0 cm³/mol. The zero-order chi connectivity index (χ0) is 9.41.